The van der Waals surface area contributed by atoms with Crippen LogP contribution in [0.2, 0.25) is 5.02 Å². The molecule has 1 amide bonds. The molecule has 5 aliphatic rings. The van der Waals surface area contributed by atoms with Gasteiger partial charge in [0.2, 0.25) is 0 Å². The highest BCUT2D eigenvalue weighted by atomic mass is 35.5. The summed E-state index contributed by atoms with van der Waals surface area (Å²) in [6.07, 6.45) is 7.66. The fraction of sp³-hybridized carbons (Fsp3) is 0.451. The first-order valence-corrected chi connectivity index (χ1v) is 25.8. The van der Waals surface area contributed by atoms with E-state index in [2.05, 4.69) is 60.3 Å². The second-order valence-electron chi connectivity index (χ2n) is 19.9. The van der Waals surface area contributed by atoms with Crippen LogP contribution < -0.4 is 19.1 Å². The monoisotopic (exact) mass is 978 g/mol. The number of anilines is 1. The zero-order valence-electron chi connectivity index (χ0n) is 39.1. The Morgan fingerprint density at radius 3 is 2.48 bits per heavy atom. The number of amides is 1. The molecule has 0 radical (unpaired) electrons. The maximum absolute atomic E-state index is 14.1. The molecule has 2 aromatic heterocycles. The molecule has 10 rings (SSSR count). The van der Waals surface area contributed by atoms with Gasteiger partial charge in [0.1, 0.15) is 22.9 Å². The number of aromatic amines is 1. The molecule has 364 valence electrons. The van der Waals surface area contributed by atoms with Crippen molar-refractivity contribution in [2.45, 2.75) is 56.9 Å². The van der Waals surface area contributed by atoms with Crippen molar-refractivity contribution in [3.63, 3.8) is 0 Å². The smallest absolute Gasteiger partial charge is 0.277 e. The van der Waals surface area contributed by atoms with Crippen LogP contribution in [0.1, 0.15) is 61.0 Å². The lowest BCUT2D eigenvalue weighted by Crippen LogP contribution is -2.56. The highest BCUT2D eigenvalue weighted by molar-refractivity contribution is 7.90. The van der Waals surface area contributed by atoms with E-state index in [-0.39, 0.29) is 34.1 Å². The fourth-order valence-electron chi connectivity index (χ4n) is 10.4. The maximum atomic E-state index is 14.1. The van der Waals surface area contributed by atoms with Gasteiger partial charge in [-0.1, -0.05) is 43.2 Å². The summed E-state index contributed by atoms with van der Waals surface area (Å²) in [5.74, 6) is -0.324. The summed E-state index contributed by atoms with van der Waals surface area (Å²) in [6, 6.07) is 19.7. The molecule has 3 fully saturated rings. The van der Waals surface area contributed by atoms with Crippen LogP contribution in [0.4, 0.5) is 11.4 Å². The molecule has 2 N–H and O–H groups in total. The summed E-state index contributed by atoms with van der Waals surface area (Å²) in [4.78, 5) is 42.7. The van der Waals surface area contributed by atoms with Gasteiger partial charge in [0.25, 0.3) is 21.6 Å². The predicted molar refractivity (Wildman–Crippen MR) is 265 cm³/mol. The van der Waals surface area contributed by atoms with Crippen LogP contribution in [0.3, 0.4) is 0 Å². The number of sulfonamides is 1. The summed E-state index contributed by atoms with van der Waals surface area (Å²) >= 11 is 6.26. The highest BCUT2D eigenvalue weighted by Crippen LogP contribution is 2.44. The van der Waals surface area contributed by atoms with Gasteiger partial charge in [-0.2, -0.15) is 0 Å². The number of rotatable bonds is 14. The average Bonchev–Trinajstić information content (AvgIpc) is 3.79. The van der Waals surface area contributed by atoms with Gasteiger partial charge in [0.15, 0.2) is 0 Å². The normalized spacial score (nSPS) is 20.6. The second-order valence-corrected chi connectivity index (χ2v) is 22.0. The van der Waals surface area contributed by atoms with Crippen LogP contribution in [0.5, 0.6) is 17.2 Å². The van der Waals surface area contributed by atoms with Gasteiger partial charge in [-0.15, -0.1) is 0 Å². The molecule has 5 aromatic rings. The van der Waals surface area contributed by atoms with E-state index >= 15 is 0 Å². The Morgan fingerprint density at radius 2 is 1.74 bits per heavy atom. The second kappa shape index (κ2) is 19.7. The van der Waals surface area contributed by atoms with Crippen molar-refractivity contribution in [1.29, 1.82) is 0 Å². The van der Waals surface area contributed by atoms with Crippen molar-refractivity contribution in [3.8, 4) is 17.2 Å². The minimum Gasteiger partial charge on any atom is -0.493 e. The number of ether oxygens (including phenoxy) is 3. The first-order chi connectivity index (χ1) is 33.2. The lowest BCUT2D eigenvalue weighted by atomic mass is 9.72. The third kappa shape index (κ3) is 10.6. The summed E-state index contributed by atoms with van der Waals surface area (Å²) in [6.45, 7) is 15.3. The summed E-state index contributed by atoms with van der Waals surface area (Å²) in [7, 11) is -4.63. The molecular weight excluding hydrogens is 920 g/mol. The first kappa shape index (κ1) is 47.1. The number of hydrogen-bond acceptors (Lipinski definition) is 13. The zero-order chi connectivity index (χ0) is 47.9. The number of halogens is 1. The molecule has 3 aromatic carbocycles. The number of piperazine rings is 2. The third-order valence-corrected chi connectivity index (χ3v) is 16.2. The molecule has 6 heterocycles. The number of allylic oxidation sites excluding steroid dienone is 1. The predicted octanol–water partition coefficient (Wildman–Crippen LogP) is 7.78. The Hall–Kier alpha value is -5.56. The van der Waals surface area contributed by atoms with Crippen LogP contribution in [0.25, 0.3) is 16.6 Å². The van der Waals surface area contributed by atoms with E-state index in [0.29, 0.717) is 36.0 Å². The van der Waals surface area contributed by atoms with Crippen molar-refractivity contribution >= 4 is 55.5 Å². The Kier molecular flexibility index (Phi) is 13.4. The quantitative estimate of drug-likeness (QED) is 0.0816. The molecule has 4 aliphatic heterocycles. The number of carbonyl (C=O) groups is 1. The van der Waals surface area contributed by atoms with E-state index in [9.17, 15) is 23.3 Å². The van der Waals surface area contributed by atoms with E-state index < -0.39 is 25.7 Å². The van der Waals surface area contributed by atoms with Crippen molar-refractivity contribution in [1.82, 2.24) is 29.4 Å². The maximum Gasteiger partial charge on any atom is 0.277 e. The number of nitro groups is 1. The summed E-state index contributed by atoms with van der Waals surface area (Å²) in [5.41, 5.74) is 5.76. The van der Waals surface area contributed by atoms with Gasteiger partial charge in [-0.25, -0.2) is 18.1 Å². The number of hydrogen-bond donors (Lipinski definition) is 2. The Labute approximate surface area is 407 Å². The van der Waals surface area contributed by atoms with Gasteiger partial charge in [0.05, 0.1) is 53.0 Å². The third-order valence-electron chi connectivity index (χ3n) is 14.6. The average molecular weight is 980 g/mol. The topological polar surface area (TPSA) is 176 Å². The number of benzene rings is 3. The van der Waals surface area contributed by atoms with Crippen LogP contribution in [0, 0.1) is 21.4 Å². The fourth-order valence-corrected chi connectivity index (χ4v) is 11.5. The zero-order valence-corrected chi connectivity index (χ0v) is 40.7. The molecule has 16 nitrogen and oxygen atoms in total. The number of pyridine rings is 1. The Bertz CT molecular complexity index is 2870. The van der Waals surface area contributed by atoms with Crippen molar-refractivity contribution < 1.29 is 32.3 Å². The van der Waals surface area contributed by atoms with Gasteiger partial charge >= 0.3 is 0 Å². The molecule has 69 heavy (non-hydrogen) atoms. The Morgan fingerprint density at radius 1 is 0.971 bits per heavy atom. The molecular formula is C51H59ClN8O8S. The number of carbonyl (C=O) groups excluding carboxylic acids is 1. The number of aromatic nitrogens is 2. The molecule has 0 bridgehead atoms. The van der Waals surface area contributed by atoms with Crippen molar-refractivity contribution in [2.75, 3.05) is 90.2 Å². The minimum atomic E-state index is -4.63. The summed E-state index contributed by atoms with van der Waals surface area (Å²) < 4.78 is 48.0. The van der Waals surface area contributed by atoms with E-state index in [4.69, 9.17) is 25.8 Å². The molecule has 0 saturated carbocycles. The van der Waals surface area contributed by atoms with Gasteiger partial charge in [-0.05, 0) is 97.5 Å². The van der Waals surface area contributed by atoms with E-state index in [1.54, 1.807) is 30.5 Å². The largest absolute Gasteiger partial charge is 0.493 e. The number of nitrogens with zero attached hydrogens (tertiary/aromatic N) is 6. The molecule has 1 aliphatic carbocycles. The molecule has 3 saturated heterocycles. The first-order valence-electron chi connectivity index (χ1n) is 24.0. The molecule has 0 spiro atoms. The lowest BCUT2D eigenvalue weighted by Gasteiger charge is -2.42. The van der Waals surface area contributed by atoms with E-state index in [0.717, 1.165) is 127 Å². The van der Waals surface area contributed by atoms with E-state index in [1.807, 2.05) is 18.2 Å². The minimum absolute atomic E-state index is 0.0239. The van der Waals surface area contributed by atoms with Crippen molar-refractivity contribution in [2.24, 2.45) is 11.3 Å². The SMILES string of the molecule is CC1(C)CCC(CN2CCN(c3ccc(C(=O)NS(=O)(=O)c4cc5c(c([N+](=O)[O-])c4)C[C@@H](CCN4CCN(C6COC6)CC4)CO5)c(Oc4cnc5[nH]ccc5c4)c3)CC2)=C(c2ccc(Cl)cc2)C1. The van der Waals surface area contributed by atoms with Gasteiger partial charge < -0.3 is 29.0 Å². The van der Waals surface area contributed by atoms with Crippen LogP contribution >= 0.6 is 11.6 Å². The molecule has 1 atom stereocenters. The Balaban J connectivity index is 0.837. The highest BCUT2D eigenvalue weighted by Gasteiger charge is 2.35. The molecule has 18 heteroatoms. The molecule has 0 unspecified atom stereocenters. The van der Waals surface area contributed by atoms with Crippen LogP contribution in [-0.4, -0.2) is 135 Å². The lowest BCUT2D eigenvalue weighted by molar-refractivity contribution is -0.386. The van der Waals surface area contributed by atoms with E-state index in [1.165, 1.54) is 29.0 Å². The standard InChI is InChI=1S/C51H59ClN8O8S/c1-51(2)12-9-37(45(28-51)35-3-5-38(52)6-4-35)30-57-17-21-58(22-18-57)39-7-8-43(48(25-39)68-41-24-36-10-13-53-49(36)54-29-41)50(61)55-69(64,65)42-26-46(60(62)63)44-23-34(31-67-47(44)27-42)11-14-56-15-19-59(20-16-56)40-32-66-33-40/h3-8,10,13,24-27,29,34,40H,9,11-12,14-23,28,30-33H2,1-2H3,(H,53,54)(H,55,61)/t34-/m1/s1. The number of fused-ring (bicyclic) bond motifs is 2. The summed E-state index contributed by atoms with van der Waals surface area (Å²) in [5, 5.41) is 14.0. The van der Waals surface area contributed by atoms with Crippen molar-refractivity contribution in [3.05, 3.63) is 117 Å². The number of H-pyrrole nitrogens is 1. The number of nitro benzene ring substituents is 1. The van der Waals surface area contributed by atoms with Crippen LogP contribution in [-0.2, 0) is 21.2 Å². The van der Waals surface area contributed by atoms with Crippen LogP contribution in [0.15, 0.2) is 89.6 Å². The number of nitrogens with one attached hydrogen (secondary N) is 2. The van der Waals surface area contributed by atoms with Gasteiger partial charge in [0, 0.05) is 99.4 Å². The van der Waals surface area contributed by atoms with Gasteiger partial charge in [-0.3, -0.25) is 24.7 Å².